The summed E-state index contributed by atoms with van der Waals surface area (Å²) in [5.74, 6) is 0. The van der Waals surface area contributed by atoms with Crippen molar-refractivity contribution in [2.75, 3.05) is 0 Å². The second kappa shape index (κ2) is 5.39. The van der Waals surface area contributed by atoms with E-state index in [0.29, 0.717) is 6.42 Å². The predicted octanol–water partition coefficient (Wildman–Crippen LogP) is 2.84. The van der Waals surface area contributed by atoms with Crippen LogP contribution in [0.3, 0.4) is 0 Å². The first kappa shape index (κ1) is 10.7. The van der Waals surface area contributed by atoms with E-state index in [1.54, 1.807) is 0 Å². The highest BCUT2D eigenvalue weighted by Gasteiger charge is 2.02. The van der Waals surface area contributed by atoms with E-state index in [0.717, 1.165) is 18.4 Å². The monoisotopic (exact) mass is 192 g/mol. The fraction of sp³-hybridized carbons (Fsp3) is 0.375. The van der Waals surface area contributed by atoms with Crippen LogP contribution < -0.4 is 0 Å². The number of allylic oxidation sites excluding steroid dienone is 4. The lowest BCUT2D eigenvalue weighted by atomic mass is 10.0. The zero-order chi connectivity index (χ0) is 7.40. The van der Waals surface area contributed by atoms with Gasteiger partial charge in [-0.2, -0.15) is 0 Å². The molecular weight excluding hydrogens is 183 g/mol. The Morgan fingerprint density at radius 2 is 2.27 bits per heavy atom. The van der Waals surface area contributed by atoms with Crippen molar-refractivity contribution in [3.8, 4) is 0 Å². The van der Waals surface area contributed by atoms with Crippen molar-refractivity contribution in [3.63, 3.8) is 0 Å². The lowest BCUT2D eigenvalue weighted by molar-refractivity contribution is -0.111. The van der Waals surface area contributed by atoms with Crippen LogP contribution in [0.5, 0.6) is 0 Å². The van der Waals surface area contributed by atoms with Gasteiger partial charge < -0.3 is 0 Å². The summed E-state index contributed by atoms with van der Waals surface area (Å²) in [5, 5.41) is -0.262. The van der Waals surface area contributed by atoms with Gasteiger partial charge in [-0.3, -0.25) is 4.79 Å². The zero-order valence-corrected chi connectivity index (χ0v) is 7.62. The quantitative estimate of drug-likeness (QED) is 0.486. The van der Waals surface area contributed by atoms with E-state index in [9.17, 15) is 4.79 Å². The Hall–Kier alpha value is -0.270. The Bertz CT molecular complexity index is 194. The normalized spacial score (nSPS) is 15.2. The van der Waals surface area contributed by atoms with Crippen LogP contribution in [0.2, 0.25) is 0 Å². The summed E-state index contributed by atoms with van der Waals surface area (Å²) in [7, 11) is 0. The van der Waals surface area contributed by atoms with Crippen LogP contribution in [0.1, 0.15) is 19.3 Å². The lowest BCUT2D eigenvalue weighted by Crippen LogP contribution is -1.92. The zero-order valence-electron chi connectivity index (χ0n) is 6.05. The van der Waals surface area contributed by atoms with Crippen molar-refractivity contribution in [1.29, 1.82) is 0 Å². The number of halogens is 2. The Kier molecular flexibility index (Phi) is 5.26. The maximum Gasteiger partial charge on any atom is 0.225 e. The standard InChI is InChI=1S/C8H9ClO.ClH/c9-8(10)6-7-4-2-1-3-5-7;/h1-2,5H,3-4,6H2;1H. The summed E-state index contributed by atoms with van der Waals surface area (Å²) in [6.45, 7) is 0. The summed E-state index contributed by atoms with van der Waals surface area (Å²) in [6.07, 6.45) is 8.45. The minimum Gasteiger partial charge on any atom is -0.281 e. The van der Waals surface area contributed by atoms with Crippen molar-refractivity contribution in [1.82, 2.24) is 0 Å². The average Bonchev–Trinajstić information content (AvgIpc) is 1.88. The summed E-state index contributed by atoms with van der Waals surface area (Å²) in [4.78, 5) is 10.4. The van der Waals surface area contributed by atoms with Crippen molar-refractivity contribution in [2.24, 2.45) is 0 Å². The van der Waals surface area contributed by atoms with E-state index in [4.69, 9.17) is 11.6 Å². The maximum absolute atomic E-state index is 10.4. The molecule has 3 heteroatoms. The summed E-state index contributed by atoms with van der Waals surface area (Å²) >= 11 is 5.21. The van der Waals surface area contributed by atoms with Gasteiger partial charge in [-0.15, -0.1) is 12.4 Å². The summed E-state index contributed by atoms with van der Waals surface area (Å²) < 4.78 is 0. The van der Waals surface area contributed by atoms with Gasteiger partial charge in [0.05, 0.1) is 0 Å². The Morgan fingerprint density at radius 3 is 2.73 bits per heavy atom. The first-order valence-corrected chi connectivity index (χ1v) is 3.68. The molecule has 0 amide bonds. The topological polar surface area (TPSA) is 17.1 Å². The SMILES string of the molecule is Cl.O=C(Cl)CC1=CCC=CC1. The van der Waals surface area contributed by atoms with Gasteiger partial charge in [0.25, 0.3) is 0 Å². The highest BCUT2D eigenvalue weighted by molar-refractivity contribution is 6.63. The van der Waals surface area contributed by atoms with Gasteiger partial charge in [-0.05, 0) is 24.4 Å². The summed E-state index contributed by atoms with van der Waals surface area (Å²) in [6, 6.07) is 0. The molecule has 1 aliphatic rings. The van der Waals surface area contributed by atoms with Crippen LogP contribution in [-0.4, -0.2) is 5.24 Å². The third-order valence-electron chi connectivity index (χ3n) is 1.46. The van der Waals surface area contributed by atoms with Crippen LogP contribution in [0.4, 0.5) is 0 Å². The van der Waals surface area contributed by atoms with Gasteiger partial charge in [0, 0.05) is 6.42 Å². The van der Waals surface area contributed by atoms with Gasteiger partial charge in [0.2, 0.25) is 5.24 Å². The molecule has 62 valence electrons. The number of hydrogen-bond acceptors (Lipinski definition) is 1. The Balaban J connectivity index is 0.000001000. The Morgan fingerprint density at radius 1 is 1.55 bits per heavy atom. The molecule has 0 aromatic carbocycles. The molecule has 1 nitrogen and oxygen atoms in total. The van der Waals surface area contributed by atoms with E-state index < -0.39 is 0 Å². The van der Waals surface area contributed by atoms with Crippen molar-refractivity contribution in [3.05, 3.63) is 23.8 Å². The maximum atomic E-state index is 10.4. The van der Waals surface area contributed by atoms with Crippen molar-refractivity contribution >= 4 is 29.3 Å². The van der Waals surface area contributed by atoms with Gasteiger partial charge in [-0.25, -0.2) is 0 Å². The van der Waals surface area contributed by atoms with E-state index in [2.05, 4.69) is 18.2 Å². The second-order valence-electron chi connectivity index (χ2n) is 2.31. The van der Waals surface area contributed by atoms with Gasteiger partial charge in [0.1, 0.15) is 0 Å². The van der Waals surface area contributed by atoms with Crippen molar-refractivity contribution < 1.29 is 4.79 Å². The van der Waals surface area contributed by atoms with E-state index >= 15 is 0 Å². The molecule has 0 spiro atoms. The number of hydrogen-bond donors (Lipinski definition) is 0. The highest BCUT2D eigenvalue weighted by Crippen LogP contribution is 2.15. The molecule has 0 saturated heterocycles. The molecule has 1 aliphatic carbocycles. The Labute approximate surface area is 77.5 Å². The van der Waals surface area contributed by atoms with Crippen LogP contribution in [0, 0.1) is 0 Å². The van der Waals surface area contributed by atoms with Gasteiger partial charge in [-0.1, -0.05) is 23.8 Å². The molecule has 1 rings (SSSR count). The molecule has 0 aliphatic heterocycles. The first-order valence-electron chi connectivity index (χ1n) is 3.30. The smallest absolute Gasteiger partial charge is 0.225 e. The minimum absolute atomic E-state index is 0. The molecule has 0 fully saturated rings. The molecule has 0 N–H and O–H groups in total. The molecule has 0 heterocycles. The molecule has 0 bridgehead atoms. The molecule has 11 heavy (non-hydrogen) atoms. The number of carbonyl (C=O) groups excluding carboxylic acids is 1. The molecule has 0 saturated carbocycles. The largest absolute Gasteiger partial charge is 0.281 e. The van der Waals surface area contributed by atoms with Gasteiger partial charge >= 0.3 is 0 Å². The fourth-order valence-electron chi connectivity index (χ4n) is 0.972. The molecule has 0 aromatic heterocycles. The molecular formula is C8H10Cl2O. The van der Waals surface area contributed by atoms with E-state index in [1.165, 1.54) is 0 Å². The minimum atomic E-state index is -0.262. The molecule has 0 aromatic rings. The average molecular weight is 193 g/mol. The molecule has 0 radical (unpaired) electrons. The van der Waals surface area contributed by atoms with E-state index in [1.807, 2.05) is 0 Å². The number of rotatable bonds is 2. The first-order chi connectivity index (χ1) is 4.79. The third-order valence-corrected chi connectivity index (χ3v) is 1.59. The molecule has 0 atom stereocenters. The van der Waals surface area contributed by atoms with Crippen LogP contribution >= 0.6 is 24.0 Å². The fourth-order valence-corrected chi connectivity index (χ4v) is 1.14. The highest BCUT2D eigenvalue weighted by atomic mass is 35.5. The van der Waals surface area contributed by atoms with Crippen LogP contribution in [0.15, 0.2) is 23.8 Å². The van der Waals surface area contributed by atoms with Gasteiger partial charge in [0.15, 0.2) is 0 Å². The lowest BCUT2D eigenvalue weighted by Gasteiger charge is -2.03. The summed E-state index contributed by atoms with van der Waals surface area (Å²) in [5.41, 5.74) is 1.14. The van der Waals surface area contributed by atoms with Crippen molar-refractivity contribution in [2.45, 2.75) is 19.3 Å². The second-order valence-corrected chi connectivity index (χ2v) is 2.73. The molecule has 0 unspecified atom stereocenters. The third kappa shape index (κ3) is 4.23. The predicted molar refractivity (Wildman–Crippen MR) is 49.2 cm³/mol. The van der Waals surface area contributed by atoms with Crippen LogP contribution in [0.25, 0.3) is 0 Å². The number of carbonyl (C=O) groups is 1. The van der Waals surface area contributed by atoms with E-state index in [-0.39, 0.29) is 17.6 Å². The van der Waals surface area contributed by atoms with Crippen LogP contribution in [-0.2, 0) is 4.79 Å².